The molecule has 2 heterocycles. The Morgan fingerprint density at radius 2 is 0.787 bits per heavy atom. The van der Waals surface area contributed by atoms with Crippen LogP contribution < -0.4 is 20.8 Å². The van der Waals surface area contributed by atoms with Gasteiger partial charge in [0.2, 0.25) is 0 Å². The van der Waals surface area contributed by atoms with Gasteiger partial charge >= 0.3 is 0 Å². The van der Waals surface area contributed by atoms with E-state index in [2.05, 4.69) is 122 Å². The van der Waals surface area contributed by atoms with Crippen molar-refractivity contribution in [2.24, 2.45) is 0 Å². The lowest BCUT2D eigenvalue weighted by atomic mass is 10.4. The van der Waals surface area contributed by atoms with Crippen LogP contribution in [0.5, 0.6) is 0 Å². The van der Waals surface area contributed by atoms with Gasteiger partial charge in [0.05, 0.1) is 0 Å². The van der Waals surface area contributed by atoms with Crippen LogP contribution in [0.2, 0.25) is 0 Å². The monoisotopic (exact) mass is 665 g/mol. The fraction of sp³-hybridized carbons (Fsp3) is 0.333. The van der Waals surface area contributed by atoms with Gasteiger partial charge in [0.15, 0.2) is 0 Å². The van der Waals surface area contributed by atoms with Crippen LogP contribution in [-0.4, -0.2) is 42.5 Å². The van der Waals surface area contributed by atoms with Gasteiger partial charge in [-0.3, -0.25) is 9.97 Å². The SMILES string of the molecule is CCCCP(CCCC)CCCC.CN(C)c1ccncc1.c1ccc(P(c2ccccc2)c2ccccc2)cc1.c1ccncc1. The molecule has 0 saturated heterocycles. The van der Waals surface area contributed by atoms with E-state index < -0.39 is 7.92 Å². The van der Waals surface area contributed by atoms with Gasteiger partial charge in [0.1, 0.15) is 0 Å². The summed E-state index contributed by atoms with van der Waals surface area (Å²) in [5.74, 6) is 0. The summed E-state index contributed by atoms with van der Waals surface area (Å²) in [6, 6.07) is 42.0. The highest BCUT2D eigenvalue weighted by Gasteiger charge is 2.15. The highest BCUT2D eigenvalue weighted by atomic mass is 31.1. The van der Waals surface area contributed by atoms with E-state index >= 15 is 0 Å². The van der Waals surface area contributed by atoms with Gasteiger partial charge in [-0.05, 0) is 85.8 Å². The van der Waals surface area contributed by atoms with Crippen LogP contribution in [0.1, 0.15) is 59.3 Å². The predicted molar refractivity (Wildman–Crippen MR) is 214 cm³/mol. The Morgan fingerprint density at radius 1 is 0.447 bits per heavy atom. The van der Waals surface area contributed by atoms with Gasteiger partial charge in [0, 0.05) is 44.6 Å². The van der Waals surface area contributed by atoms with Crippen molar-refractivity contribution in [1.82, 2.24) is 9.97 Å². The second-order valence-corrected chi connectivity index (χ2v) is 16.3. The molecule has 5 rings (SSSR count). The van der Waals surface area contributed by atoms with Crippen LogP contribution in [0.15, 0.2) is 146 Å². The number of hydrogen-bond acceptors (Lipinski definition) is 3. The topological polar surface area (TPSA) is 29.0 Å². The first kappa shape index (κ1) is 39.8. The molecule has 5 heteroatoms. The molecule has 47 heavy (non-hydrogen) atoms. The Bertz CT molecular complexity index is 1220. The summed E-state index contributed by atoms with van der Waals surface area (Å²) in [4.78, 5) is 9.73. The van der Waals surface area contributed by atoms with Gasteiger partial charge in [-0.2, -0.15) is 0 Å². The van der Waals surface area contributed by atoms with Gasteiger partial charge in [-0.25, -0.2) is 0 Å². The quantitative estimate of drug-likeness (QED) is 0.117. The number of benzene rings is 3. The lowest BCUT2D eigenvalue weighted by molar-refractivity contribution is 0.847. The molecule has 3 nitrogen and oxygen atoms in total. The third-order valence-electron chi connectivity index (χ3n) is 7.27. The van der Waals surface area contributed by atoms with Crippen molar-refractivity contribution in [1.29, 1.82) is 0 Å². The average Bonchev–Trinajstić information content (AvgIpc) is 3.15. The zero-order valence-electron chi connectivity index (χ0n) is 29.5. The maximum absolute atomic E-state index is 3.90. The molecule has 3 aromatic carbocycles. The van der Waals surface area contributed by atoms with E-state index in [1.807, 2.05) is 49.3 Å². The molecule has 0 aliphatic rings. The maximum atomic E-state index is 3.90. The van der Waals surface area contributed by atoms with Crippen LogP contribution in [-0.2, 0) is 0 Å². The summed E-state index contributed by atoms with van der Waals surface area (Å²) in [6.45, 7) is 6.94. The predicted octanol–water partition coefficient (Wildman–Crippen LogP) is 10.5. The molecule has 0 aliphatic carbocycles. The van der Waals surface area contributed by atoms with Crippen LogP contribution in [0.4, 0.5) is 5.69 Å². The molecule has 0 saturated carbocycles. The lowest BCUT2D eigenvalue weighted by Gasteiger charge is -2.18. The first-order chi connectivity index (χ1) is 23.1. The zero-order valence-corrected chi connectivity index (χ0v) is 31.2. The third-order valence-corrected chi connectivity index (χ3v) is 12.6. The highest BCUT2D eigenvalue weighted by Crippen LogP contribution is 2.38. The van der Waals surface area contributed by atoms with Crippen molar-refractivity contribution in [3.8, 4) is 0 Å². The van der Waals surface area contributed by atoms with Gasteiger partial charge in [0.25, 0.3) is 0 Å². The summed E-state index contributed by atoms with van der Waals surface area (Å²) in [7, 11) is 3.99. The van der Waals surface area contributed by atoms with Crippen molar-refractivity contribution in [3.05, 3.63) is 146 Å². The first-order valence-corrected chi connectivity index (χ1v) is 20.4. The zero-order chi connectivity index (χ0) is 33.8. The minimum absolute atomic E-state index is 0.422. The fourth-order valence-corrected chi connectivity index (χ4v) is 9.88. The number of anilines is 1. The van der Waals surface area contributed by atoms with E-state index in [-0.39, 0.29) is 0 Å². The van der Waals surface area contributed by atoms with E-state index in [1.165, 1.54) is 60.1 Å². The maximum Gasteiger partial charge on any atom is 0.0391 e. The highest BCUT2D eigenvalue weighted by molar-refractivity contribution is 7.79. The molecule has 0 radical (unpaired) electrons. The first-order valence-electron chi connectivity index (χ1n) is 17.2. The summed E-state index contributed by atoms with van der Waals surface area (Å²) in [6.07, 6.45) is 20.3. The fourth-order valence-electron chi connectivity index (χ4n) is 4.61. The minimum atomic E-state index is -0.446. The summed E-state index contributed by atoms with van der Waals surface area (Å²) < 4.78 is 0. The van der Waals surface area contributed by atoms with Crippen molar-refractivity contribution in [2.75, 3.05) is 37.5 Å². The molecule has 0 spiro atoms. The van der Waals surface area contributed by atoms with Gasteiger partial charge in [-0.1, -0.05) is 137 Å². The Kier molecular flexibility index (Phi) is 22.6. The van der Waals surface area contributed by atoms with Crippen LogP contribution in [0.3, 0.4) is 0 Å². The van der Waals surface area contributed by atoms with Gasteiger partial charge < -0.3 is 4.90 Å². The van der Waals surface area contributed by atoms with Crippen LogP contribution in [0, 0.1) is 0 Å². The number of hydrogen-bond donors (Lipinski definition) is 0. The molecule has 0 bridgehead atoms. The molecule has 5 aromatic rings. The largest absolute Gasteiger partial charge is 0.378 e. The Balaban J connectivity index is 0.000000238. The second-order valence-electron chi connectivity index (χ2n) is 11.4. The molecule has 0 fully saturated rings. The van der Waals surface area contributed by atoms with Crippen LogP contribution >= 0.6 is 15.8 Å². The van der Waals surface area contributed by atoms with Crippen LogP contribution in [0.25, 0.3) is 0 Å². The third kappa shape index (κ3) is 17.9. The lowest BCUT2D eigenvalue weighted by Crippen LogP contribution is -2.20. The normalized spacial score (nSPS) is 10.1. The Hall–Kier alpha value is -3.38. The number of pyridine rings is 2. The van der Waals surface area contributed by atoms with Crippen molar-refractivity contribution < 1.29 is 0 Å². The molecule has 2 aromatic heterocycles. The second kappa shape index (κ2) is 26.7. The van der Waals surface area contributed by atoms with Crippen molar-refractivity contribution in [3.63, 3.8) is 0 Å². The number of nitrogens with zero attached hydrogens (tertiary/aromatic N) is 3. The molecule has 250 valence electrons. The van der Waals surface area contributed by atoms with Crippen molar-refractivity contribution in [2.45, 2.75) is 59.3 Å². The molecule has 0 atom stereocenters. The Labute approximate surface area is 289 Å². The van der Waals surface area contributed by atoms with E-state index in [1.54, 1.807) is 43.3 Å². The summed E-state index contributed by atoms with van der Waals surface area (Å²) in [5, 5.41) is 4.19. The van der Waals surface area contributed by atoms with E-state index in [9.17, 15) is 0 Å². The minimum Gasteiger partial charge on any atom is -0.378 e. The Morgan fingerprint density at radius 3 is 1.04 bits per heavy atom. The summed E-state index contributed by atoms with van der Waals surface area (Å²) >= 11 is 0. The number of rotatable bonds is 13. The molecule has 0 N–H and O–H groups in total. The number of aromatic nitrogens is 2. The average molecular weight is 666 g/mol. The van der Waals surface area contributed by atoms with E-state index in [0.29, 0.717) is 7.92 Å². The van der Waals surface area contributed by atoms with E-state index in [0.717, 1.165) is 0 Å². The molecule has 0 unspecified atom stereocenters. The molecule has 0 amide bonds. The van der Waals surface area contributed by atoms with Crippen molar-refractivity contribution >= 4 is 37.4 Å². The standard InChI is InChI=1S/C18H15P.C12H27P.C7H10N2.C5H5N/c1-4-10-16(11-5-1)19(17-12-6-2-7-13-17)18-14-8-3-9-15-18;1-4-7-10-13(11-8-5-2)12-9-6-3;1-9(2)7-3-5-8-6-4-7;1-2-4-6-5-3-1/h1-15H;4-12H2,1-3H3;3-6H,1-2H3;1-5H. The van der Waals surface area contributed by atoms with Gasteiger partial charge in [-0.15, -0.1) is 7.92 Å². The van der Waals surface area contributed by atoms with E-state index in [4.69, 9.17) is 0 Å². The smallest absolute Gasteiger partial charge is 0.0391 e. The molecular weight excluding hydrogens is 608 g/mol. The molecular formula is C42H57N3P2. The number of unbranched alkanes of at least 4 members (excludes halogenated alkanes) is 3. The summed E-state index contributed by atoms with van der Waals surface area (Å²) in [5.41, 5.74) is 1.19. The molecule has 0 aliphatic heterocycles.